The molecule has 3 N–H and O–H groups in total. The van der Waals surface area contributed by atoms with Crippen molar-refractivity contribution in [1.82, 2.24) is 0 Å². The first-order valence-corrected chi connectivity index (χ1v) is 6.43. The van der Waals surface area contributed by atoms with E-state index >= 15 is 0 Å². The summed E-state index contributed by atoms with van der Waals surface area (Å²) in [6, 6.07) is 5.43. The van der Waals surface area contributed by atoms with Gasteiger partial charge in [-0.1, -0.05) is 32.9 Å². The molecule has 0 fully saturated rings. The maximum atomic E-state index is 10.8. The molecule has 1 atom stereocenters. The molecule has 1 aromatic carbocycles. The predicted octanol–water partition coefficient (Wildman–Crippen LogP) is 2.14. The summed E-state index contributed by atoms with van der Waals surface area (Å²) in [5, 5.41) is 8.88. The molecule has 0 saturated carbocycles. The van der Waals surface area contributed by atoms with Crippen molar-refractivity contribution in [2.75, 3.05) is 18.5 Å². The second-order valence-electron chi connectivity index (χ2n) is 6.08. The van der Waals surface area contributed by atoms with Crippen molar-refractivity contribution in [2.45, 2.75) is 39.2 Å². The van der Waals surface area contributed by atoms with E-state index < -0.39 is 12.0 Å². The minimum atomic E-state index is -0.975. The van der Waals surface area contributed by atoms with Gasteiger partial charge >= 0.3 is 5.97 Å². The van der Waals surface area contributed by atoms with Crippen LogP contribution in [-0.2, 0) is 10.2 Å². The Labute approximate surface area is 115 Å². The minimum absolute atomic E-state index is 0.0677. The van der Waals surface area contributed by atoms with E-state index in [0.717, 1.165) is 11.3 Å². The topological polar surface area (TPSA) is 66.6 Å². The van der Waals surface area contributed by atoms with Crippen LogP contribution in [0.15, 0.2) is 18.2 Å². The molecular formula is C15H24N2O2. The number of carboxylic acid groups (broad SMARTS) is 1. The van der Waals surface area contributed by atoms with Gasteiger partial charge in [-0.05, 0) is 29.5 Å². The van der Waals surface area contributed by atoms with Crippen LogP contribution in [0.4, 0.5) is 5.69 Å². The van der Waals surface area contributed by atoms with E-state index in [1.54, 1.807) is 0 Å². The normalized spacial score (nSPS) is 13.2. The van der Waals surface area contributed by atoms with Gasteiger partial charge < -0.3 is 15.7 Å². The first-order chi connectivity index (χ1) is 8.62. The maximum absolute atomic E-state index is 10.8. The molecule has 0 spiro atoms. The number of nitrogens with zero attached hydrogens (tertiary/aromatic N) is 1. The number of anilines is 1. The lowest BCUT2D eigenvalue weighted by atomic mass is 9.86. The molecule has 1 aromatic rings. The Balaban J connectivity index is 3.02. The summed E-state index contributed by atoms with van der Waals surface area (Å²) in [7, 11) is 1.87. The van der Waals surface area contributed by atoms with Crippen LogP contribution >= 0.6 is 0 Å². The first kappa shape index (κ1) is 15.5. The minimum Gasteiger partial charge on any atom is -0.480 e. The fourth-order valence-corrected chi connectivity index (χ4v) is 1.96. The number of rotatable bonds is 4. The Kier molecular flexibility index (Phi) is 4.58. The quantitative estimate of drug-likeness (QED) is 0.874. The maximum Gasteiger partial charge on any atom is 0.322 e. The number of hydrogen-bond acceptors (Lipinski definition) is 3. The highest BCUT2D eigenvalue weighted by molar-refractivity contribution is 5.74. The molecule has 0 heterocycles. The molecular weight excluding hydrogens is 240 g/mol. The highest BCUT2D eigenvalue weighted by Crippen LogP contribution is 2.28. The number of carboxylic acids is 1. The van der Waals surface area contributed by atoms with Crippen LogP contribution in [0.3, 0.4) is 0 Å². The van der Waals surface area contributed by atoms with Crippen LogP contribution in [0.2, 0.25) is 0 Å². The fraction of sp³-hybridized carbons (Fsp3) is 0.533. The molecule has 0 radical (unpaired) electrons. The van der Waals surface area contributed by atoms with Crippen LogP contribution in [0, 0.1) is 6.92 Å². The SMILES string of the molecule is Cc1ccc(C(C)(C)C)cc1N(C)CC(N)C(=O)O. The van der Waals surface area contributed by atoms with E-state index in [-0.39, 0.29) is 5.41 Å². The molecule has 106 valence electrons. The highest BCUT2D eigenvalue weighted by atomic mass is 16.4. The number of benzene rings is 1. The average molecular weight is 264 g/mol. The van der Waals surface area contributed by atoms with Crippen molar-refractivity contribution in [3.05, 3.63) is 29.3 Å². The van der Waals surface area contributed by atoms with E-state index in [1.165, 1.54) is 5.56 Å². The number of aliphatic carboxylic acids is 1. The van der Waals surface area contributed by atoms with Crippen LogP contribution in [0.1, 0.15) is 31.9 Å². The van der Waals surface area contributed by atoms with Gasteiger partial charge in [0.2, 0.25) is 0 Å². The zero-order valence-corrected chi connectivity index (χ0v) is 12.4. The third kappa shape index (κ3) is 3.96. The number of hydrogen-bond donors (Lipinski definition) is 2. The standard InChI is InChI=1S/C15H24N2O2/c1-10-6-7-11(15(2,3)4)8-13(10)17(5)9-12(16)14(18)19/h6-8,12H,9,16H2,1-5H3,(H,18,19). The monoisotopic (exact) mass is 264 g/mol. The Bertz CT molecular complexity index is 464. The number of likely N-dealkylation sites (N-methyl/N-ethyl adjacent to an activating group) is 1. The summed E-state index contributed by atoms with van der Waals surface area (Å²) in [5.41, 5.74) is 9.03. The molecule has 0 aromatic heterocycles. The molecule has 1 rings (SSSR count). The van der Waals surface area contributed by atoms with Crippen LogP contribution in [0.25, 0.3) is 0 Å². The molecule has 1 unspecified atom stereocenters. The van der Waals surface area contributed by atoms with Crippen molar-refractivity contribution < 1.29 is 9.90 Å². The van der Waals surface area contributed by atoms with E-state index in [9.17, 15) is 4.79 Å². The Morgan fingerprint density at radius 2 is 2.00 bits per heavy atom. The smallest absolute Gasteiger partial charge is 0.322 e. The second-order valence-corrected chi connectivity index (χ2v) is 6.08. The van der Waals surface area contributed by atoms with Gasteiger partial charge in [-0.2, -0.15) is 0 Å². The molecule has 4 heteroatoms. The van der Waals surface area contributed by atoms with Crippen molar-refractivity contribution in [3.8, 4) is 0 Å². The molecule has 0 aliphatic carbocycles. The third-order valence-electron chi connectivity index (χ3n) is 3.27. The molecule has 0 aliphatic rings. The fourth-order valence-electron chi connectivity index (χ4n) is 1.96. The van der Waals surface area contributed by atoms with Gasteiger partial charge in [0.1, 0.15) is 6.04 Å². The second kappa shape index (κ2) is 5.61. The summed E-state index contributed by atoms with van der Waals surface area (Å²) in [5.74, 6) is -0.975. The van der Waals surface area contributed by atoms with Crippen molar-refractivity contribution in [1.29, 1.82) is 0 Å². The Morgan fingerprint density at radius 1 is 1.42 bits per heavy atom. The molecule has 0 aliphatic heterocycles. The highest BCUT2D eigenvalue weighted by Gasteiger charge is 2.18. The van der Waals surface area contributed by atoms with Gasteiger partial charge in [0.25, 0.3) is 0 Å². The van der Waals surface area contributed by atoms with Crippen LogP contribution in [-0.4, -0.2) is 30.7 Å². The number of aryl methyl sites for hydroxylation is 1. The van der Waals surface area contributed by atoms with Crippen LogP contribution in [0.5, 0.6) is 0 Å². The molecule has 19 heavy (non-hydrogen) atoms. The third-order valence-corrected chi connectivity index (χ3v) is 3.27. The Morgan fingerprint density at radius 3 is 2.47 bits per heavy atom. The van der Waals surface area contributed by atoms with Gasteiger partial charge in [-0.3, -0.25) is 4.79 Å². The van der Waals surface area contributed by atoms with E-state index in [2.05, 4.69) is 39.0 Å². The summed E-state index contributed by atoms with van der Waals surface area (Å²) in [4.78, 5) is 12.7. The van der Waals surface area contributed by atoms with Gasteiger partial charge in [-0.25, -0.2) is 0 Å². The average Bonchev–Trinajstić information content (AvgIpc) is 2.27. The number of carbonyl (C=O) groups is 1. The molecule has 0 amide bonds. The van der Waals surface area contributed by atoms with Gasteiger partial charge in [0, 0.05) is 19.3 Å². The van der Waals surface area contributed by atoms with Crippen molar-refractivity contribution in [2.24, 2.45) is 5.73 Å². The lowest BCUT2D eigenvalue weighted by molar-refractivity contribution is -0.138. The number of nitrogens with two attached hydrogens (primary N) is 1. The molecule has 0 bridgehead atoms. The Hall–Kier alpha value is -1.55. The van der Waals surface area contributed by atoms with E-state index in [1.807, 2.05) is 18.9 Å². The molecule has 4 nitrogen and oxygen atoms in total. The van der Waals surface area contributed by atoms with Crippen molar-refractivity contribution in [3.63, 3.8) is 0 Å². The van der Waals surface area contributed by atoms with E-state index in [0.29, 0.717) is 6.54 Å². The summed E-state index contributed by atoms with van der Waals surface area (Å²) < 4.78 is 0. The van der Waals surface area contributed by atoms with Gasteiger partial charge in [-0.15, -0.1) is 0 Å². The summed E-state index contributed by atoms with van der Waals surface area (Å²) in [6.45, 7) is 8.79. The van der Waals surface area contributed by atoms with Crippen LogP contribution < -0.4 is 10.6 Å². The largest absolute Gasteiger partial charge is 0.480 e. The zero-order chi connectivity index (χ0) is 14.8. The van der Waals surface area contributed by atoms with E-state index in [4.69, 9.17) is 10.8 Å². The lowest BCUT2D eigenvalue weighted by Gasteiger charge is -2.27. The predicted molar refractivity (Wildman–Crippen MR) is 78.8 cm³/mol. The first-order valence-electron chi connectivity index (χ1n) is 6.43. The summed E-state index contributed by atoms with van der Waals surface area (Å²) in [6.07, 6.45) is 0. The zero-order valence-electron chi connectivity index (χ0n) is 12.4. The van der Waals surface area contributed by atoms with Gasteiger partial charge in [0.15, 0.2) is 0 Å². The van der Waals surface area contributed by atoms with Crippen molar-refractivity contribution >= 4 is 11.7 Å². The molecule has 0 saturated heterocycles. The van der Waals surface area contributed by atoms with Gasteiger partial charge in [0.05, 0.1) is 0 Å². The summed E-state index contributed by atoms with van der Waals surface area (Å²) >= 11 is 0. The lowest BCUT2D eigenvalue weighted by Crippen LogP contribution is -2.41.